The van der Waals surface area contributed by atoms with Crippen molar-refractivity contribution in [2.75, 3.05) is 13.1 Å². The summed E-state index contributed by atoms with van der Waals surface area (Å²) in [4.78, 5) is 4.26. The maximum Gasteiger partial charge on any atom is 0.244 e. The highest BCUT2D eigenvalue weighted by Crippen LogP contribution is 2.27. The summed E-state index contributed by atoms with van der Waals surface area (Å²) in [6.45, 7) is 0.377. The molecule has 1 saturated heterocycles. The summed E-state index contributed by atoms with van der Waals surface area (Å²) in [7, 11) is -7.05. The van der Waals surface area contributed by atoms with Crippen LogP contribution in [0.1, 0.15) is 12.8 Å². The van der Waals surface area contributed by atoms with Crippen molar-refractivity contribution in [1.29, 1.82) is 0 Å². The molecule has 2 heterocycles. The van der Waals surface area contributed by atoms with Crippen molar-refractivity contribution in [2.45, 2.75) is 27.9 Å². The molecule has 1 aromatic carbocycles. The standard InChI is InChI=1S/C16H18N2O4S2/c19-23(20,14-5-2-1-3-6-14)15-8-11-18(12-9-15)24(21,22)16-7-4-10-17-13-16/h1-7,10,13,15H,8-9,11-12H2. The van der Waals surface area contributed by atoms with Crippen LogP contribution in [0.5, 0.6) is 0 Å². The van der Waals surface area contributed by atoms with E-state index < -0.39 is 25.1 Å². The second kappa shape index (κ2) is 6.62. The fourth-order valence-electron chi connectivity index (χ4n) is 2.83. The molecule has 0 unspecified atom stereocenters. The molecule has 3 rings (SSSR count). The van der Waals surface area contributed by atoms with Crippen LogP contribution < -0.4 is 0 Å². The lowest BCUT2D eigenvalue weighted by Crippen LogP contribution is -2.42. The van der Waals surface area contributed by atoms with Gasteiger partial charge in [0.1, 0.15) is 4.90 Å². The monoisotopic (exact) mass is 366 g/mol. The molecule has 0 N–H and O–H groups in total. The molecule has 1 fully saturated rings. The van der Waals surface area contributed by atoms with Gasteiger partial charge < -0.3 is 0 Å². The molecular weight excluding hydrogens is 348 g/mol. The average molecular weight is 366 g/mol. The van der Waals surface area contributed by atoms with Gasteiger partial charge in [0.15, 0.2) is 9.84 Å². The Balaban J connectivity index is 1.75. The molecule has 1 aromatic heterocycles. The minimum Gasteiger partial charge on any atom is -0.263 e. The van der Waals surface area contributed by atoms with Gasteiger partial charge in [-0.3, -0.25) is 4.98 Å². The van der Waals surface area contributed by atoms with E-state index in [0.29, 0.717) is 4.90 Å². The van der Waals surface area contributed by atoms with E-state index in [1.54, 1.807) is 36.4 Å². The summed E-state index contributed by atoms with van der Waals surface area (Å²) in [6, 6.07) is 11.4. The highest BCUT2D eigenvalue weighted by molar-refractivity contribution is 7.92. The summed E-state index contributed by atoms with van der Waals surface area (Å²) < 4.78 is 51.7. The van der Waals surface area contributed by atoms with Gasteiger partial charge in [-0.15, -0.1) is 0 Å². The van der Waals surface area contributed by atoms with E-state index in [1.807, 2.05) is 0 Å². The fourth-order valence-corrected chi connectivity index (χ4v) is 6.02. The van der Waals surface area contributed by atoms with E-state index in [-0.39, 0.29) is 30.8 Å². The van der Waals surface area contributed by atoms with Crippen LogP contribution >= 0.6 is 0 Å². The molecule has 1 aliphatic rings. The summed E-state index contributed by atoms with van der Waals surface area (Å²) in [5.41, 5.74) is 0. The van der Waals surface area contributed by atoms with Gasteiger partial charge in [0.2, 0.25) is 10.0 Å². The Morgan fingerprint density at radius 3 is 2.08 bits per heavy atom. The zero-order valence-corrected chi connectivity index (χ0v) is 14.6. The maximum absolute atomic E-state index is 12.6. The second-order valence-corrected chi connectivity index (χ2v) is 9.82. The summed E-state index contributed by atoms with van der Waals surface area (Å²) >= 11 is 0. The fraction of sp³-hybridized carbons (Fsp3) is 0.312. The Hall–Kier alpha value is -1.77. The van der Waals surface area contributed by atoms with Crippen molar-refractivity contribution >= 4 is 19.9 Å². The molecule has 0 amide bonds. The summed E-state index contributed by atoms with van der Waals surface area (Å²) in [5, 5.41) is -0.555. The lowest BCUT2D eigenvalue weighted by atomic mass is 10.2. The van der Waals surface area contributed by atoms with Crippen molar-refractivity contribution in [1.82, 2.24) is 9.29 Å². The van der Waals surface area contributed by atoms with E-state index in [9.17, 15) is 16.8 Å². The molecule has 1 aliphatic heterocycles. The van der Waals surface area contributed by atoms with Crippen molar-refractivity contribution in [3.05, 3.63) is 54.9 Å². The number of benzene rings is 1. The second-order valence-electron chi connectivity index (χ2n) is 5.65. The number of aromatic nitrogens is 1. The normalized spacial score (nSPS) is 17.7. The van der Waals surface area contributed by atoms with Gasteiger partial charge in [0, 0.05) is 25.5 Å². The number of nitrogens with zero attached hydrogens (tertiary/aromatic N) is 2. The Bertz CT molecular complexity index is 812. The Labute approximate surface area is 142 Å². The van der Waals surface area contributed by atoms with E-state index in [2.05, 4.69) is 4.98 Å². The molecule has 0 saturated carbocycles. The van der Waals surface area contributed by atoms with Crippen molar-refractivity contribution in [3.8, 4) is 0 Å². The number of pyridine rings is 1. The molecule has 0 aliphatic carbocycles. The third-order valence-corrected chi connectivity index (χ3v) is 8.34. The van der Waals surface area contributed by atoms with E-state index in [4.69, 9.17) is 0 Å². The predicted octanol–water partition coefficient (Wildman–Crippen LogP) is 1.71. The first kappa shape index (κ1) is 17.1. The lowest BCUT2D eigenvalue weighted by Gasteiger charge is -2.30. The largest absolute Gasteiger partial charge is 0.263 e. The smallest absolute Gasteiger partial charge is 0.244 e. The Kier molecular flexibility index (Phi) is 4.71. The van der Waals surface area contributed by atoms with Crippen LogP contribution in [0.3, 0.4) is 0 Å². The van der Waals surface area contributed by atoms with Gasteiger partial charge >= 0.3 is 0 Å². The number of sulfone groups is 1. The number of hydrogen-bond acceptors (Lipinski definition) is 5. The van der Waals surface area contributed by atoms with Gasteiger partial charge in [0.05, 0.1) is 10.1 Å². The third kappa shape index (κ3) is 3.22. The molecule has 0 radical (unpaired) electrons. The van der Waals surface area contributed by atoms with E-state index in [0.717, 1.165) is 0 Å². The zero-order valence-electron chi connectivity index (χ0n) is 12.9. The number of piperidine rings is 1. The maximum atomic E-state index is 12.6. The van der Waals surface area contributed by atoms with E-state index >= 15 is 0 Å². The summed E-state index contributed by atoms with van der Waals surface area (Å²) in [5.74, 6) is 0. The van der Waals surface area contributed by atoms with Gasteiger partial charge in [-0.05, 0) is 37.1 Å². The van der Waals surface area contributed by atoms with Gasteiger partial charge in [-0.25, -0.2) is 16.8 Å². The van der Waals surface area contributed by atoms with Crippen molar-refractivity contribution < 1.29 is 16.8 Å². The molecule has 128 valence electrons. The van der Waals surface area contributed by atoms with E-state index in [1.165, 1.54) is 22.8 Å². The first-order valence-electron chi connectivity index (χ1n) is 7.61. The predicted molar refractivity (Wildman–Crippen MR) is 89.6 cm³/mol. The van der Waals surface area contributed by atoms with Gasteiger partial charge in [-0.2, -0.15) is 4.31 Å². The van der Waals surface area contributed by atoms with Crippen LogP contribution in [0.2, 0.25) is 0 Å². The molecule has 0 bridgehead atoms. The molecule has 8 heteroatoms. The van der Waals surface area contributed by atoms with Crippen LogP contribution in [0.4, 0.5) is 0 Å². The highest BCUT2D eigenvalue weighted by Gasteiger charge is 2.35. The Morgan fingerprint density at radius 2 is 1.50 bits per heavy atom. The number of sulfonamides is 1. The molecule has 2 aromatic rings. The van der Waals surface area contributed by atoms with Crippen LogP contribution in [0.15, 0.2) is 64.6 Å². The third-order valence-electron chi connectivity index (χ3n) is 4.18. The molecule has 0 atom stereocenters. The van der Waals surface area contributed by atoms with Crippen LogP contribution in [-0.4, -0.2) is 44.5 Å². The van der Waals surface area contributed by atoms with Crippen LogP contribution in [0, 0.1) is 0 Å². The number of hydrogen-bond donors (Lipinski definition) is 0. The molecule has 0 spiro atoms. The zero-order chi connectivity index (χ0) is 17.2. The topological polar surface area (TPSA) is 84.4 Å². The SMILES string of the molecule is O=S(=O)(c1ccccc1)C1CCN(S(=O)(=O)c2cccnc2)CC1. The first-order valence-corrected chi connectivity index (χ1v) is 10.6. The molecule has 6 nitrogen and oxygen atoms in total. The first-order chi connectivity index (χ1) is 11.4. The summed E-state index contributed by atoms with van der Waals surface area (Å²) in [6.07, 6.45) is 3.40. The van der Waals surface area contributed by atoms with Crippen LogP contribution in [-0.2, 0) is 19.9 Å². The van der Waals surface area contributed by atoms with Gasteiger partial charge in [-0.1, -0.05) is 18.2 Å². The van der Waals surface area contributed by atoms with Crippen molar-refractivity contribution in [3.63, 3.8) is 0 Å². The highest BCUT2D eigenvalue weighted by atomic mass is 32.2. The minimum absolute atomic E-state index is 0.134. The molecular formula is C16H18N2O4S2. The van der Waals surface area contributed by atoms with Gasteiger partial charge in [0.25, 0.3) is 0 Å². The lowest BCUT2D eigenvalue weighted by molar-refractivity contribution is 0.345. The number of rotatable bonds is 4. The quantitative estimate of drug-likeness (QED) is 0.822. The Morgan fingerprint density at radius 1 is 0.875 bits per heavy atom. The average Bonchev–Trinajstić information content (AvgIpc) is 2.63. The van der Waals surface area contributed by atoms with Crippen LogP contribution in [0.25, 0.3) is 0 Å². The van der Waals surface area contributed by atoms with Crippen molar-refractivity contribution in [2.24, 2.45) is 0 Å². The minimum atomic E-state index is -3.62. The molecule has 24 heavy (non-hydrogen) atoms.